The lowest BCUT2D eigenvalue weighted by atomic mass is 9.73. The average Bonchev–Trinajstić information content (AvgIpc) is 2.92. The molecule has 0 spiro atoms. The molecule has 0 radical (unpaired) electrons. The van der Waals surface area contributed by atoms with Gasteiger partial charge in [-0.2, -0.15) is 0 Å². The normalized spacial score (nSPS) is 27.3. The van der Waals surface area contributed by atoms with E-state index in [9.17, 15) is 14.7 Å². The molecule has 6 nitrogen and oxygen atoms in total. The second kappa shape index (κ2) is 8.64. The number of carbonyl (C=O) groups is 2. The van der Waals surface area contributed by atoms with Crippen molar-refractivity contribution >= 4 is 11.9 Å². The molecule has 1 fully saturated rings. The molecule has 1 aliphatic carbocycles. The van der Waals surface area contributed by atoms with E-state index in [4.69, 9.17) is 14.6 Å². The van der Waals surface area contributed by atoms with E-state index in [0.717, 1.165) is 11.1 Å². The molecule has 0 aromatic heterocycles. The molecule has 2 aliphatic rings. The largest absolute Gasteiger partial charge is 0.458 e. The van der Waals surface area contributed by atoms with Gasteiger partial charge in [0.2, 0.25) is 0 Å². The van der Waals surface area contributed by atoms with Crippen molar-refractivity contribution < 1.29 is 29.3 Å². The minimum Gasteiger partial charge on any atom is -0.458 e. The summed E-state index contributed by atoms with van der Waals surface area (Å²) in [4.78, 5) is 24.4. The van der Waals surface area contributed by atoms with Crippen molar-refractivity contribution in [1.82, 2.24) is 0 Å². The quantitative estimate of drug-likeness (QED) is 0.408. The molecule has 0 bridgehead atoms. The predicted octanol–water partition coefficient (Wildman–Crippen LogP) is 2.06. The van der Waals surface area contributed by atoms with E-state index < -0.39 is 30.1 Å². The van der Waals surface area contributed by atoms with Gasteiger partial charge in [-0.15, -0.1) is 0 Å². The second-order valence-electron chi connectivity index (χ2n) is 6.98. The van der Waals surface area contributed by atoms with Crippen molar-refractivity contribution in [2.75, 3.05) is 13.2 Å². The summed E-state index contributed by atoms with van der Waals surface area (Å²) in [6.07, 6.45) is 2.17. The second-order valence-corrected chi connectivity index (χ2v) is 6.98. The highest BCUT2D eigenvalue weighted by molar-refractivity contribution is 5.92. The van der Waals surface area contributed by atoms with Gasteiger partial charge >= 0.3 is 11.9 Å². The van der Waals surface area contributed by atoms with Gasteiger partial charge in [-0.25, -0.2) is 9.59 Å². The number of aliphatic hydroxyl groups excluding tert-OH is 2. The fourth-order valence-electron chi connectivity index (χ4n) is 3.75. The summed E-state index contributed by atoms with van der Waals surface area (Å²) < 4.78 is 11.2. The lowest BCUT2D eigenvalue weighted by Crippen LogP contribution is -2.41. The number of hydrogen-bond donors (Lipinski definition) is 2. The molecule has 1 aliphatic heterocycles. The first-order valence-corrected chi connectivity index (χ1v) is 9.02. The van der Waals surface area contributed by atoms with Gasteiger partial charge < -0.3 is 19.7 Å². The third kappa shape index (κ3) is 3.91. The van der Waals surface area contributed by atoms with E-state index in [2.05, 4.69) is 6.58 Å². The van der Waals surface area contributed by atoms with Crippen LogP contribution >= 0.6 is 0 Å². The van der Waals surface area contributed by atoms with E-state index in [-0.39, 0.29) is 19.1 Å². The zero-order chi connectivity index (χ0) is 19.4. The van der Waals surface area contributed by atoms with E-state index >= 15 is 0 Å². The summed E-state index contributed by atoms with van der Waals surface area (Å²) in [5, 5.41) is 19.0. The highest BCUT2D eigenvalue weighted by Gasteiger charge is 2.50. The Kier molecular flexibility index (Phi) is 6.78. The molecule has 0 saturated carbocycles. The van der Waals surface area contributed by atoms with Crippen LogP contribution in [0.2, 0.25) is 0 Å². The van der Waals surface area contributed by atoms with Crippen molar-refractivity contribution in [2.24, 2.45) is 11.8 Å². The van der Waals surface area contributed by atoms with Crippen molar-refractivity contribution in [3.05, 3.63) is 34.9 Å². The maximum absolute atomic E-state index is 12.4. The van der Waals surface area contributed by atoms with Crippen LogP contribution in [0.3, 0.4) is 0 Å². The van der Waals surface area contributed by atoms with Crippen LogP contribution in [0, 0.1) is 11.8 Å². The topological polar surface area (TPSA) is 93.1 Å². The van der Waals surface area contributed by atoms with Crippen LogP contribution in [0.15, 0.2) is 34.9 Å². The summed E-state index contributed by atoms with van der Waals surface area (Å²) in [5.74, 6) is -1.41. The number of esters is 2. The Morgan fingerprint density at radius 3 is 2.73 bits per heavy atom. The van der Waals surface area contributed by atoms with Gasteiger partial charge in [0.25, 0.3) is 0 Å². The lowest BCUT2D eigenvalue weighted by molar-refractivity contribution is -0.147. The number of rotatable bonds is 7. The van der Waals surface area contributed by atoms with E-state index in [1.54, 1.807) is 19.9 Å². The molecule has 26 heavy (non-hydrogen) atoms. The molecule has 0 amide bonds. The van der Waals surface area contributed by atoms with Gasteiger partial charge in [-0.1, -0.05) is 19.6 Å². The minimum absolute atomic E-state index is 0.0162. The Labute approximate surface area is 154 Å². The number of aliphatic hydroxyl groups is 2. The molecule has 2 rings (SSSR count). The first-order valence-electron chi connectivity index (χ1n) is 9.02. The van der Waals surface area contributed by atoms with Crippen molar-refractivity contribution in [2.45, 2.75) is 52.2 Å². The Hall–Kier alpha value is -1.92. The summed E-state index contributed by atoms with van der Waals surface area (Å²) >= 11 is 0. The minimum atomic E-state index is -0.703. The van der Waals surface area contributed by atoms with Gasteiger partial charge in [0, 0.05) is 24.2 Å². The molecule has 4 atom stereocenters. The molecule has 0 unspecified atom stereocenters. The molecular weight excluding hydrogens is 336 g/mol. The number of fused-ring (bicyclic) bond motifs is 1. The zero-order valence-electron chi connectivity index (χ0n) is 15.7. The summed E-state index contributed by atoms with van der Waals surface area (Å²) in [5.41, 5.74) is 2.32. The SMILES string of the molecule is C=C1C(=O)O[C@@H]2CC(CO)=C([C@@H](C)CCCO)[C@@H](OC(=O)C(C)=CC)[C@H]12. The Bertz CT molecular complexity index is 645. The third-order valence-electron chi connectivity index (χ3n) is 5.32. The predicted molar refractivity (Wildman–Crippen MR) is 96.0 cm³/mol. The van der Waals surface area contributed by atoms with Gasteiger partial charge in [-0.05, 0) is 43.8 Å². The van der Waals surface area contributed by atoms with E-state index in [1.807, 2.05) is 6.92 Å². The number of carbonyl (C=O) groups excluding carboxylic acids is 2. The van der Waals surface area contributed by atoms with Gasteiger partial charge in [0.1, 0.15) is 12.2 Å². The molecule has 6 heteroatoms. The van der Waals surface area contributed by atoms with Crippen LogP contribution in [-0.2, 0) is 19.1 Å². The van der Waals surface area contributed by atoms with Crippen LogP contribution < -0.4 is 0 Å². The first kappa shape index (κ1) is 20.4. The third-order valence-corrected chi connectivity index (χ3v) is 5.32. The van der Waals surface area contributed by atoms with E-state index in [0.29, 0.717) is 30.4 Å². The molecule has 1 saturated heterocycles. The highest BCUT2D eigenvalue weighted by Crippen LogP contribution is 2.45. The maximum Gasteiger partial charge on any atom is 0.334 e. The van der Waals surface area contributed by atoms with Gasteiger partial charge in [0.05, 0.1) is 12.5 Å². The van der Waals surface area contributed by atoms with Crippen LogP contribution in [0.4, 0.5) is 0 Å². The molecule has 1 heterocycles. The number of allylic oxidation sites excluding steroid dienone is 1. The van der Waals surface area contributed by atoms with Gasteiger partial charge in [0.15, 0.2) is 0 Å². The Morgan fingerprint density at radius 2 is 2.15 bits per heavy atom. The van der Waals surface area contributed by atoms with Crippen molar-refractivity contribution in [3.8, 4) is 0 Å². The molecular formula is C20H28O6. The summed E-state index contributed by atoms with van der Waals surface area (Å²) in [6.45, 7) is 9.11. The highest BCUT2D eigenvalue weighted by atomic mass is 16.6. The standard InChI is InChI=1S/C20H28O6/c1-5-11(2)19(23)26-18-16(12(3)7-6-8-21)14(10-22)9-15-17(18)13(4)20(24)25-15/h5,12,15,17-18,21-22H,4,6-10H2,1-3H3/t12-,15+,17+,18+/m0/s1. The fraction of sp³-hybridized carbons (Fsp3) is 0.600. The number of ether oxygens (including phenoxy) is 2. The van der Waals surface area contributed by atoms with Crippen molar-refractivity contribution in [1.29, 1.82) is 0 Å². The monoisotopic (exact) mass is 364 g/mol. The smallest absolute Gasteiger partial charge is 0.334 e. The molecule has 0 aromatic rings. The van der Waals surface area contributed by atoms with Crippen LogP contribution in [0.1, 0.15) is 40.0 Å². The fourth-order valence-corrected chi connectivity index (χ4v) is 3.75. The number of hydrogen-bond acceptors (Lipinski definition) is 6. The Morgan fingerprint density at radius 1 is 1.46 bits per heavy atom. The molecule has 2 N–H and O–H groups in total. The van der Waals surface area contributed by atoms with Crippen LogP contribution in [0.25, 0.3) is 0 Å². The van der Waals surface area contributed by atoms with E-state index in [1.165, 1.54) is 0 Å². The average molecular weight is 364 g/mol. The van der Waals surface area contributed by atoms with Crippen LogP contribution in [0.5, 0.6) is 0 Å². The van der Waals surface area contributed by atoms with Crippen LogP contribution in [-0.4, -0.2) is 47.6 Å². The Balaban J connectivity index is 2.45. The van der Waals surface area contributed by atoms with Gasteiger partial charge in [-0.3, -0.25) is 0 Å². The summed E-state index contributed by atoms with van der Waals surface area (Å²) in [6, 6.07) is 0. The van der Waals surface area contributed by atoms with Crippen molar-refractivity contribution in [3.63, 3.8) is 0 Å². The summed E-state index contributed by atoms with van der Waals surface area (Å²) in [7, 11) is 0. The molecule has 0 aromatic carbocycles. The first-order chi connectivity index (χ1) is 12.3. The maximum atomic E-state index is 12.4. The zero-order valence-corrected chi connectivity index (χ0v) is 15.7. The lowest BCUT2D eigenvalue weighted by Gasteiger charge is -2.38. The molecule has 144 valence electrons.